The topological polar surface area (TPSA) is 70.0 Å². The second-order valence-electron chi connectivity index (χ2n) is 10.1. The fourth-order valence-electron chi connectivity index (χ4n) is 4.58. The average Bonchev–Trinajstić information content (AvgIpc) is 2.85. The Morgan fingerprint density at radius 2 is 1.56 bits per heavy atom. The molecule has 5 heteroatoms. The highest BCUT2D eigenvalue weighted by Gasteiger charge is 2.24. The van der Waals surface area contributed by atoms with Crippen LogP contribution in [0, 0.1) is 6.92 Å². The summed E-state index contributed by atoms with van der Waals surface area (Å²) in [6, 6.07) is 17.5. The van der Waals surface area contributed by atoms with E-state index in [1.165, 1.54) is 16.8 Å². The first-order chi connectivity index (χ1) is 17.1. The zero-order valence-electron chi connectivity index (χ0n) is 22.4. The first-order valence-corrected chi connectivity index (χ1v) is 12.7. The summed E-state index contributed by atoms with van der Waals surface area (Å²) in [6.45, 7) is 15.7. The highest BCUT2D eigenvalue weighted by atomic mass is 16.5. The van der Waals surface area contributed by atoms with Crippen LogP contribution in [-0.4, -0.2) is 42.5 Å². The largest absolute Gasteiger partial charge is 0.493 e. The number of hydrogen-bond acceptors (Lipinski definition) is 4. The molecule has 0 radical (unpaired) electrons. The zero-order valence-corrected chi connectivity index (χ0v) is 22.4. The van der Waals surface area contributed by atoms with Crippen LogP contribution in [0.15, 0.2) is 54.6 Å². The molecule has 0 aliphatic heterocycles. The van der Waals surface area contributed by atoms with E-state index >= 15 is 0 Å². The third-order valence-electron chi connectivity index (χ3n) is 6.50. The first-order valence-electron chi connectivity index (χ1n) is 12.7. The Morgan fingerprint density at radius 3 is 2.11 bits per heavy atom. The van der Waals surface area contributed by atoms with E-state index in [2.05, 4.69) is 64.6 Å². The summed E-state index contributed by atoms with van der Waals surface area (Å²) in [5, 5.41) is 18.5. The van der Waals surface area contributed by atoms with Crippen molar-refractivity contribution in [1.82, 2.24) is 0 Å². The second-order valence-corrected chi connectivity index (χ2v) is 10.1. The highest BCUT2D eigenvalue weighted by Crippen LogP contribution is 2.41. The number of aliphatic hydroxyl groups excluding tert-OH is 1. The van der Waals surface area contributed by atoms with Crippen LogP contribution in [0.5, 0.6) is 5.75 Å². The maximum atomic E-state index is 11.3. The molecular formula is C31H39NO4. The van der Waals surface area contributed by atoms with Gasteiger partial charge in [-0.05, 0) is 90.4 Å². The molecule has 0 aliphatic carbocycles. The van der Waals surface area contributed by atoms with Crippen LogP contribution in [0.2, 0.25) is 0 Å². The van der Waals surface area contributed by atoms with E-state index in [1.807, 2.05) is 24.3 Å². The van der Waals surface area contributed by atoms with Crippen molar-refractivity contribution in [3.05, 3.63) is 71.3 Å². The predicted octanol–water partition coefficient (Wildman–Crippen LogP) is 6.93. The van der Waals surface area contributed by atoms with E-state index in [0.717, 1.165) is 41.1 Å². The number of rotatable bonds is 10. The predicted molar refractivity (Wildman–Crippen MR) is 148 cm³/mol. The van der Waals surface area contributed by atoms with Gasteiger partial charge in [0, 0.05) is 37.4 Å². The summed E-state index contributed by atoms with van der Waals surface area (Å²) in [7, 11) is 0. The lowest BCUT2D eigenvalue weighted by atomic mass is 9.82. The van der Waals surface area contributed by atoms with Gasteiger partial charge in [0.1, 0.15) is 5.75 Å². The summed E-state index contributed by atoms with van der Waals surface area (Å²) >= 11 is 0. The number of aliphatic hydroxyl groups is 1. The molecule has 192 valence electrons. The fraction of sp³-hybridized carbons (Fsp3) is 0.387. The Balaban J connectivity index is 2.20. The van der Waals surface area contributed by atoms with Crippen molar-refractivity contribution in [2.75, 3.05) is 31.2 Å². The van der Waals surface area contributed by atoms with Crippen LogP contribution < -0.4 is 9.64 Å². The number of nitrogens with zero attached hydrogens (tertiary/aromatic N) is 1. The molecule has 0 amide bonds. The van der Waals surface area contributed by atoms with Gasteiger partial charge in [0.15, 0.2) is 0 Å². The molecule has 0 saturated heterocycles. The molecule has 3 aromatic rings. The van der Waals surface area contributed by atoms with E-state index in [9.17, 15) is 15.0 Å². The molecule has 36 heavy (non-hydrogen) atoms. The molecule has 0 unspecified atom stereocenters. The Bertz CT molecular complexity index is 1190. The summed E-state index contributed by atoms with van der Waals surface area (Å²) in [4.78, 5) is 13.7. The van der Waals surface area contributed by atoms with Crippen molar-refractivity contribution >= 4 is 11.7 Å². The lowest BCUT2D eigenvalue weighted by Crippen LogP contribution is -2.27. The van der Waals surface area contributed by atoms with Crippen molar-refractivity contribution in [1.29, 1.82) is 0 Å². The Morgan fingerprint density at radius 1 is 0.917 bits per heavy atom. The summed E-state index contributed by atoms with van der Waals surface area (Å²) in [5.41, 5.74) is 8.00. The molecule has 3 aromatic carbocycles. The minimum absolute atomic E-state index is 0.0547. The fourth-order valence-corrected chi connectivity index (χ4v) is 4.58. The number of benzene rings is 3. The van der Waals surface area contributed by atoms with Gasteiger partial charge in [-0.15, -0.1) is 0 Å². The molecule has 0 fully saturated rings. The lowest BCUT2D eigenvalue weighted by Gasteiger charge is -2.32. The number of aryl methyl sites for hydroxylation is 1. The number of aromatic carboxylic acids is 1. The van der Waals surface area contributed by atoms with E-state index in [1.54, 1.807) is 12.1 Å². The van der Waals surface area contributed by atoms with Gasteiger partial charge in [0.05, 0.1) is 12.2 Å². The number of carboxylic acid groups (broad SMARTS) is 1. The monoisotopic (exact) mass is 489 g/mol. The second kappa shape index (κ2) is 11.6. The van der Waals surface area contributed by atoms with Crippen LogP contribution in [0.3, 0.4) is 0 Å². The van der Waals surface area contributed by atoms with E-state index in [0.29, 0.717) is 13.0 Å². The zero-order chi connectivity index (χ0) is 26.5. The average molecular weight is 490 g/mol. The molecule has 0 aromatic heterocycles. The molecule has 0 heterocycles. The first kappa shape index (κ1) is 27.3. The van der Waals surface area contributed by atoms with Crippen LogP contribution in [0.4, 0.5) is 5.69 Å². The van der Waals surface area contributed by atoms with Crippen molar-refractivity contribution in [2.24, 2.45) is 0 Å². The smallest absolute Gasteiger partial charge is 0.335 e. The molecular weight excluding hydrogens is 450 g/mol. The Kier molecular flexibility index (Phi) is 8.80. The molecule has 0 saturated carbocycles. The minimum Gasteiger partial charge on any atom is -0.493 e. The number of ether oxygens (including phenoxy) is 1. The third kappa shape index (κ3) is 6.08. The lowest BCUT2D eigenvalue weighted by molar-refractivity contribution is 0.0697. The van der Waals surface area contributed by atoms with Crippen LogP contribution >= 0.6 is 0 Å². The molecule has 3 rings (SSSR count). The quantitative estimate of drug-likeness (QED) is 0.302. The van der Waals surface area contributed by atoms with E-state index in [4.69, 9.17) is 4.74 Å². The van der Waals surface area contributed by atoms with Gasteiger partial charge >= 0.3 is 5.97 Å². The normalized spacial score (nSPS) is 11.4. The number of hydrogen-bond donors (Lipinski definition) is 2. The Hall–Kier alpha value is -3.31. The Labute approximate surface area is 215 Å². The van der Waals surface area contributed by atoms with Gasteiger partial charge in [-0.1, -0.05) is 39.0 Å². The van der Waals surface area contributed by atoms with Crippen molar-refractivity contribution < 1.29 is 19.7 Å². The van der Waals surface area contributed by atoms with Crippen molar-refractivity contribution in [2.45, 2.75) is 53.4 Å². The minimum atomic E-state index is -0.937. The molecule has 5 nitrogen and oxygen atoms in total. The summed E-state index contributed by atoms with van der Waals surface area (Å²) in [6.07, 6.45) is 0.561. The van der Waals surface area contributed by atoms with Gasteiger partial charge < -0.3 is 19.8 Å². The third-order valence-corrected chi connectivity index (χ3v) is 6.50. The van der Waals surface area contributed by atoms with Crippen molar-refractivity contribution in [3.8, 4) is 28.0 Å². The maximum Gasteiger partial charge on any atom is 0.335 e. The molecule has 2 N–H and O–H groups in total. The van der Waals surface area contributed by atoms with Gasteiger partial charge in [0.2, 0.25) is 0 Å². The molecule has 0 atom stereocenters. The summed E-state index contributed by atoms with van der Waals surface area (Å²) < 4.78 is 6.11. The number of carboxylic acids is 1. The van der Waals surface area contributed by atoms with Crippen LogP contribution in [0.25, 0.3) is 22.3 Å². The maximum absolute atomic E-state index is 11.3. The molecule has 0 aliphatic rings. The molecule has 0 spiro atoms. The van der Waals surface area contributed by atoms with Crippen molar-refractivity contribution in [3.63, 3.8) is 0 Å². The highest BCUT2D eigenvalue weighted by molar-refractivity contribution is 5.88. The van der Waals surface area contributed by atoms with Gasteiger partial charge in [-0.25, -0.2) is 4.79 Å². The standard InChI is InChI=1S/C31H39NO4/c1-7-32(8-2)29-21(3)18-25(20-27(29)31(4,5)6)26-19-24(14-15-28(26)36-17-9-16-33)22-10-12-23(13-11-22)30(34)35/h10-15,18-20,33H,7-9,16-17H2,1-6H3,(H,34,35). The van der Waals surface area contributed by atoms with E-state index in [-0.39, 0.29) is 17.6 Å². The van der Waals surface area contributed by atoms with Crippen LogP contribution in [0.1, 0.15) is 62.5 Å². The number of anilines is 1. The van der Waals surface area contributed by atoms with Gasteiger partial charge in [0.25, 0.3) is 0 Å². The van der Waals surface area contributed by atoms with Gasteiger partial charge in [-0.2, -0.15) is 0 Å². The van der Waals surface area contributed by atoms with Crippen LogP contribution in [-0.2, 0) is 5.41 Å². The van der Waals surface area contributed by atoms with E-state index < -0.39 is 5.97 Å². The SMILES string of the molecule is CCN(CC)c1c(C)cc(-c2cc(-c3ccc(C(=O)O)cc3)ccc2OCCCO)cc1C(C)(C)C. The summed E-state index contributed by atoms with van der Waals surface area (Å²) in [5.74, 6) is -0.169. The number of carbonyl (C=O) groups is 1. The van der Waals surface area contributed by atoms with Gasteiger partial charge in [-0.3, -0.25) is 0 Å². The molecule has 0 bridgehead atoms.